The molecule has 0 aliphatic heterocycles. The fourth-order valence-corrected chi connectivity index (χ4v) is 3.13. The molecule has 1 heterocycles. The van der Waals surface area contributed by atoms with Crippen LogP contribution in [0.5, 0.6) is 0 Å². The summed E-state index contributed by atoms with van der Waals surface area (Å²) >= 11 is 0. The topological polar surface area (TPSA) is 64.0 Å². The van der Waals surface area contributed by atoms with E-state index in [4.69, 9.17) is 0 Å². The molecule has 0 saturated carbocycles. The maximum absolute atomic E-state index is 13.1. The summed E-state index contributed by atoms with van der Waals surface area (Å²) in [6.07, 6.45) is 0. The molecular formula is C23H18FN3O2. The highest BCUT2D eigenvalue weighted by atomic mass is 19.1. The van der Waals surface area contributed by atoms with Gasteiger partial charge in [-0.1, -0.05) is 54.6 Å². The van der Waals surface area contributed by atoms with Crippen LogP contribution in [0, 0.1) is 5.82 Å². The quantitative estimate of drug-likeness (QED) is 0.570. The van der Waals surface area contributed by atoms with Gasteiger partial charge in [-0.15, -0.1) is 0 Å². The van der Waals surface area contributed by atoms with E-state index in [1.165, 1.54) is 12.1 Å². The molecule has 4 rings (SSSR count). The zero-order valence-electron chi connectivity index (χ0n) is 15.5. The van der Waals surface area contributed by atoms with E-state index >= 15 is 0 Å². The SMILES string of the molecule is O=C(NCc1ccc(F)cc1)c1nc2ccccc2n(Cc2ccccc2)c1=O. The van der Waals surface area contributed by atoms with Gasteiger partial charge in [0.2, 0.25) is 0 Å². The van der Waals surface area contributed by atoms with Gasteiger partial charge in [-0.2, -0.15) is 0 Å². The summed E-state index contributed by atoms with van der Waals surface area (Å²) in [6, 6.07) is 22.6. The van der Waals surface area contributed by atoms with Gasteiger partial charge >= 0.3 is 0 Å². The average molecular weight is 387 g/mol. The highest BCUT2D eigenvalue weighted by molar-refractivity contribution is 5.93. The third-order valence-corrected chi connectivity index (χ3v) is 4.62. The van der Waals surface area contributed by atoms with E-state index in [1.54, 1.807) is 22.8 Å². The molecule has 4 aromatic rings. The average Bonchev–Trinajstić information content (AvgIpc) is 2.75. The molecule has 5 nitrogen and oxygen atoms in total. The number of carbonyl (C=O) groups excluding carboxylic acids is 1. The highest BCUT2D eigenvalue weighted by Gasteiger charge is 2.17. The van der Waals surface area contributed by atoms with Crippen LogP contribution in [0.3, 0.4) is 0 Å². The van der Waals surface area contributed by atoms with E-state index in [1.807, 2.05) is 48.5 Å². The van der Waals surface area contributed by atoms with Crippen LogP contribution in [0.25, 0.3) is 11.0 Å². The summed E-state index contributed by atoms with van der Waals surface area (Å²) in [7, 11) is 0. The van der Waals surface area contributed by atoms with Crippen LogP contribution in [-0.2, 0) is 13.1 Å². The number of fused-ring (bicyclic) bond motifs is 1. The van der Waals surface area contributed by atoms with Crippen molar-refractivity contribution in [2.75, 3.05) is 0 Å². The van der Waals surface area contributed by atoms with Gasteiger partial charge < -0.3 is 9.88 Å². The van der Waals surface area contributed by atoms with Crippen LogP contribution in [0.1, 0.15) is 21.6 Å². The molecule has 3 aromatic carbocycles. The summed E-state index contributed by atoms with van der Waals surface area (Å²) in [5.41, 5.74) is 2.28. The normalized spacial score (nSPS) is 10.8. The van der Waals surface area contributed by atoms with E-state index in [-0.39, 0.29) is 18.1 Å². The Bertz CT molecular complexity index is 1220. The number of hydrogen-bond acceptors (Lipinski definition) is 3. The number of benzene rings is 3. The smallest absolute Gasteiger partial charge is 0.283 e. The minimum Gasteiger partial charge on any atom is -0.346 e. The first-order valence-corrected chi connectivity index (χ1v) is 9.18. The van der Waals surface area contributed by atoms with E-state index in [9.17, 15) is 14.0 Å². The molecule has 0 aliphatic carbocycles. The molecule has 0 spiro atoms. The van der Waals surface area contributed by atoms with Crippen molar-refractivity contribution in [2.45, 2.75) is 13.1 Å². The lowest BCUT2D eigenvalue weighted by Crippen LogP contribution is -2.34. The van der Waals surface area contributed by atoms with Crippen molar-refractivity contribution in [2.24, 2.45) is 0 Å². The fourth-order valence-electron chi connectivity index (χ4n) is 3.13. The Morgan fingerprint density at radius 1 is 0.897 bits per heavy atom. The lowest BCUT2D eigenvalue weighted by atomic mass is 10.2. The van der Waals surface area contributed by atoms with Crippen molar-refractivity contribution < 1.29 is 9.18 Å². The first-order valence-electron chi connectivity index (χ1n) is 9.18. The number of amides is 1. The number of halogens is 1. The molecule has 0 radical (unpaired) electrons. The Morgan fingerprint density at radius 2 is 1.59 bits per heavy atom. The van der Waals surface area contributed by atoms with Crippen LogP contribution in [0.2, 0.25) is 0 Å². The molecule has 29 heavy (non-hydrogen) atoms. The molecule has 6 heteroatoms. The summed E-state index contributed by atoms with van der Waals surface area (Å²) in [5.74, 6) is -0.910. The lowest BCUT2D eigenvalue weighted by Gasteiger charge is -2.12. The Balaban J connectivity index is 1.68. The minimum atomic E-state index is -0.563. The summed E-state index contributed by atoms with van der Waals surface area (Å²) in [4.78, 5) is 30.1. The Kier molecular flexibility index (Phi) is 5.16. The molecule has 0 unspecified atom stereocenters. The lowest BCUT2D eigenvalue weighted by molar-refractivity contribution is 0.0944. The molecular weight excluding hydrogens is 369 g/mol. The molecule has 0 atom stereocenters. The monoisotopic (exact) mass is 387 g/mol. The van der Waals surface area contributed by atoms with Crippen LogP contribution in [0.15, 0.2) is 83.7 Å². The Morgan fingerprint density at radius 3 is 2.34 bits per heavy atom. The zero-order chi connectivity index (χ0) is 20.2. The maximum Gasteiger partial charge on any atom is 0.283 e. The van der Waals surface area contributed by atoms with Crippen LogP contribution < -0.4 is 10.9 Å². The van der Waals surface area contributed by atoms with Crippen LogP contribution >= 0.6 is 0 Å². The standard InChI is InChI=1S/C23H18FN3O2/c24-18-12-10-16(11-13-18)14-25-22(28)21-23(29)27(15-17-6-2-1-3-7-17)20-9-5-4-8-19(20)26-21/h1-13H,14-15H2,(H,25,28). The third kappa shape index (κ3) is 4.06. The number of para-hydroxylation sites is 2. The largest absolute Gasteiger partial charge is 0.346 e. The molecule has 0 fully saturated rings. The van der Waals surface area contributed by atoms with Crippen molar-refractivity contribution in [3.8, 4) is 0 Å². The number of hydrogen-bond donors (Lipinski definition) is 1. The van der Waals surface area contributed by atoms with Crippen molar-refractivity contribution in [1.82, 2.24) is 14.9 Å². The first kappa shape index (κ1) is 18.6. The van der Waals surface area contributed by atoms with Gasteiger partial charge in [0.1, 0.15) is 5.82 Å². The molecule has 1 amide bonds. The number of nitrogens with one attached hydrogen (secondary N) is 1. The Hall–Kier alpha value is -3.80. The highest BCUT2D eigenvalue weighted by Crippen LogP contribution is 2.12. The van der Waals surface area contributed by atoms with E-state index in [0.29, 0.717) is 17.6 Å². The van der Waals surface area contributed by atoms with E-state index in [2.05, 4.69) is 10.3 Å². The van der Waals surface area contributed by atoms with Gasteiger partial charge in [0, 0.05) is 6.54 Å². The van der Waals surface area contributed by atoms with E-state index < -0.39 is 11.5 Å². The molecule has 0 aliphatic rings. The zero-order valence-corrected chi connectivity index (χ0v) is 15.5. The van der Waals surface area contributed by atoms with Gasteiger partial charge in [-0.3, -0.25) is 9.59 Å². The van der Waals surface area contributed by atoms with E-state index in [0.717, 1.165) is 11.1 Å². The van der Waals surface area contributed by atoms with Crippen molar-refractivity contribution in [1.29, 1.82) is 0 Å². The van der Waals surface area contributed by atoms with Crippen LogP contribution in [0.4, 0.5) is 4.39 Å². The summed E-state index contributed by atoms with van der Waals surface area (Å²) in [5, 5.41) is 2.69. The third-order valence-electron chi connectivity index (χ3n) is 4.62. The number of carbonyl (C=O) groups is 1. The number of nitrogens with zero attached hydrogens (tertiary/aromatic N) is 2. The molecule has 1 N–H and O–H groups in total. The molecule has 0 bridgehead atoms. The maximum atomic E-state index is 13.1. The second-order valence-electron chi connectivity index (χ2n) is 6.64. The second kappa shape index (κ2) is 8.06. The number of aromatic nitrogens is 2. The summed E-state index contributed by atoms with van der Waals surface area (Å²) < 4.78 is 14.6. The second-order valence-corrected chi connectivity index (χ2v) is 6.64. The van der Waals surface area contributed by atoms with Gasteiger partial charge in [0.05, 0.1) is 17.6 Å². The number of rotatable bonds is 5. The summed E-state index contributed by atoms with van der Waals surface area (Å²) in [6.45, 7) is 0.507. The van der Waals surface area contributed by atoms with Gasteiger partial charge in [-0.25, -0.2) is 9.37 Å². The Labute approximate surface area is 166 Å². The van der Waals surface area contributed by atoms with Crippen molar-refractivity contribution >= 4 is 16.9 Å². The molecule has 144 valence electrons. The van der Waals surface area contributed by atoms with Crippen LogP contribution in [-0.4, -0.2) is 15.5 Å². The molecule has 1 aromatic heterocycles. The van der Waals surface area contributed by atoms with Gasteiger partial charge in [0.25, 0.3) is 11.5 Å². The minimum absolute atomic E-state index is 0.165. The predicted molar refractivity (Wildman–Crippen MR) is 109 cm³/mol. The van der Waals surface area contributed by atoms with Crippen molar-refractivity contribution in [3.05, 3.63) is 112 Å². The molecule has 0 saturated heterocycles. The first-order chi connectivity index (χ1) is 14.1. The van der Waals surface area contributed by atoms with Gasteiger partial charge in [-0.05, 0) is 35.4 Å². The predicted octanol–water partition coefficient (Wildman–Crippen LogP) is 3.51. The van der Waals surface area contributed by atoms with Gasteiger partial charge in [0.15, 0.2) is 5.69 Å². The van der Waals surface area contributed by atoms with Crippen molar-refractivity contribution in [3.63, 3.8) is 0 Å². The fraction of sp³-hybridized carbons (Fsp3) is 0.0870.